The molecule has 7 nitrogen and oxygen atoms in total. The maximum absolute atomic E-state index is 11.8. The Labute approximate surface area is 128 Å². The second-order valence-electron chi connectivity index (χ2n) is 5.14. The maximum Gasteiger partial charge on any atom is 0.267 e. The molecular weight excluding hydrogens is 282 g/mol. The van der Waals surface area contributed by atoms with Crippen LogP contribution >= 0.6 is 0 Å². The topological polar surface area (TPSA) is 93.3 Å². The second kappa shape index (κ2) is 6.75. The molecule has 2 aromatic rings. The minimum absolute atomic E-state index is 0.0123. The lowest BCUT2D eigenvalue weighted by molar-refractivity contribution is -0.120. The van der Waals surface area contributed by atoms with Gasteiger partial charge in [-0.05, 0) is 24.6 Å². The largest absolute Gasteiger partial charge is 0.378 e. The van der Waals surface area contributed by atoms with Gasteiger partial charge in [-0.15, -0.1) is 0 Å². The van der Waals surface area contributed by atoms with Crippen LogP contribution in [0.3, 0.4) is 0 Å². The van der Waals surface area contributed by atoms with Gasteiger partial charge in [0.25, 0.3) is 5.56 Å². The number of nitrogens with zero attached hydrogens (tertiary/aromatic N) is 2. The molecule has 0 bridgehead atoms. The summed E-state index contributed by atoms with van der Waals surface area (Å²) in [5, 5.41) is 9.01. The number of benzene rings is 1. The Balaban J connectivity index is 1.92. The van der Waals surface area contributed by atoms with Crippen molar-refractivity contribution >= 4 is 17.8 Å². The van der Waals surface area contributed by atoms with Gasteiger partial charge in [0.1, 0.15) is 0 Å². The zero-order valence-corrected chi connectivity index (χ0v) is 12.8. The molecule has 1 heterocycles. The molecule has 0 saturated carbocycles. The molecule has 1 aromatic heterocycles. The number of carbonyl (C=O) groups excluding carboxylic acids is 1. The Bertz CT molecular complexity index is 725. The molecule has 0 saturated heterocycles. The molecule has 0 fully saturated rings. The van der Waals surface area contributed by atoms with Crippen LogP contribution < -0.4 is 15.9 Å². The molecule has 1 aromatic carbocycles. The predicted molar refractivity (Wildman–Crippen MR) is 86.4 cm³/mol. The number of anilines is 1. The first-order valence-electron chi connectivity index (χ1n) is 6.83. The number of hydrogen-bond donors (Lipinski definition) is 3. The molecule has 0 atom stereocenters. The van der Waals surface area contributed by atoms with Crippen molar-refractivity contribution in [2.75, 3.05) is 19.0 Å². The SMILES string of the molecule is Cc1[nH][nH]c(=O)c1CC(=O)NN=Cc1ccc(N(C)C)cc1. The highest BCUT2D eigenvalue weighted by Gasteiger charge is 2.10. The second-order valence-corrected chi connectivity index (χ2v) is 5.14. The highest BCUT2D eigenvalue weighted by atomic mass is 16.2. The lowest BCUT2D eigenvalue weighted by Crippen LogP contribution is -2.23. The van der Waals surface area contributed by atoms with Crippen molar-refractivity contribution in [1.82, 2.24) is 15.6 Å². The van der Waals surface area contributed by atoms with Crippen molar-refractivity contribution in [3.05, 3.63) is 51.4 Å². The van der Waals surface area contributed by atoms with E-state index in [0.29, 0.717) is 11.3 Å². The molecule has 1 amide bonds. The molecule has 0 aliphatic heterocycles. The Morgan fingerprint density at radius 3 is 2.50 bits per heavy atom. The molecule has 0 radical (unpaired) electrons. The van der Waals surface area contributed by atoms with E-state index in [0.717, 1.165) is 11.3 Å². The number of aromatic nitrogens is 2. The summed E-state index contributed by atoms with van der Waals surface area (Å²) in [4.78, 5) is 25.2. The van der Waals surface area contributed by atoms with Gasteiger partial charge in [0.05, 0.1) is 12.6 Å². The smallest absolute Gasteiger partial charge is 0.267 e. The van der Waals surface area contributed by atoms with Crippen molar-refractivity contribution in [1.29, 1.82) is 0 Å². The third kappa shape index (κ3) is 3.85. The van der Waals surface area contributed by atoms with Gasteiger partial charge >= 0.3 is 0 Å². The van der Waals surface area contributed by atoms with Crippen LogP contribution in [0.5, 0.6) is 0 Å². The first kappa shape index (κ1) is 15.6. The number of amides is 1. The van der Waals surface area contributed by atoms with E-state index in [1.807, 2.05) is 43.3 Å². The van der Waals surface area contributed by atoms with Crippen LogP contribution in [0.25, 0.3) is 0 Å². The van der Waals surface area contributed by atoms with Gasteiger partial charge < -0.3 is 10.00 Å². The summed E-state index contributed by atoms with van der Waals surface area (Å²) in [6.07, 6.45) is 1.55. The third-order valence-corrected chi connectivity index (χ3v) is 3.24. The molecule has 22 heavy (non-hydrogen) atoms. The number of carbonyl (C=O) groups is 1. The van der Waals surface area contributed by atoms with E-state index in [1.54, 1.807) is 13.1 Å². The van der Waals surface area contributed by atoms with Gasteiger partial charge in [-0.3, -0.25) is 14.7 Å². The summed E-state index contributed by atoms with van der Waals surface area (Å²) in [5.74, 6) is -0.339. The quantitative estimate of drug-likeness (QED) is 0.562. The fraction of sp³-hybridized carbons (Fsp3) is 0.267. The van der Waals surface area contributed by atoms with Crippen molar-refractivity contribution in [3.8, 4) is 0 Å². The van der Waals surface area contributed by atoms with Crippen LogP contribution in [0.1, 0.15) is 16.8 Å². The van der Waals surface area contributed by atoms with Crippen LogP contribution in [0.15, 0.2) is 34.2 Å². The zero-order chi connectivity index (χ0) is 16.1. The fourth-order valence-corrected chi connectivity index (χ4v) is 1.92. The lowest BCUT2D eigenvalue weighted by atomic mass is 10.2. The molecular formula is C15H19N5O2. The molecule has 7 heteroatoms. The minimum atomic E-state index is -0.339. The minimum Gasteiger partial charge on any atom is -0.378 e. The lowest BCUT2D eigenvalue weighted by Gasteiger charge is -2.11. The van der Waals surface area contributed by atoms with Crippen LogP contribution in [0, 0.1) is 6.92 Å². The van der Waals surface area contributed by atoms with E-state index in [1.165, 1.54) is 0 Å². The molecule has 0 spiro atoms. The number of rotatable bonds is 5. The van der Waals surface area contributed by atoms with Crippen molar-refractivity contribution in [3.63, 3.8) is 0 Å². The van der Waals surface area contributed by atoms with Crippen LogP contribution in [-0.2, 0) is 11.2 Å². The standard InChI is InChI=1S/C15H19N5O2/c1-10-13(15(22)19-17-10)8-14(21)18-16-9-11-4-6-12(7-5-11)20(2)3/h4-7,9H,8H2,1-3H3,(H,18,21)(H2,17,19,22). The first-order valence-corrected chi connectivity index (χ1v) is 6.83. The Kier molecular flexibility index (Phi) is 4.77. The van der Waals surface area contributed by atoms with Crippen LogP contribution in [-0.4, -0.2) is 36.4 Å². The molecule has 0 aliphatic carbocycles. The molecule has 0 aliphatic rings. The van der Waals surface area contributed by atoms with E-state index in [-0.39, 0.29) is 17.9 Å². The number of hydrogen-bond acceptors (Lipinski definition) is 4. The summed E-state index contributed by atoms with van der Waals surface area (Å²) in [6.45, 7) is 1.73. The van der Waals surface area contributed by atoms with E-state index >= 15 is 0 Å². The van der Waals surface area contributed by atoms with E-state index in [9.17, 15) is 9.59 Å². The zero-order valence-electron chi connectivity index (χ0n) is 12.8. The summed E-state index contributed by atoms with van der Waals surface area (Å²) >= 11 is 0. The molecule has 0 unspecified atom stereocenters. The van der Waals surface area contributed by atoms with Gasteiger partial charge in [0.15, 0.2) is 0 Å². The highest BCUT2D eigenvalue weighted by Crippen LogP contribution is 2.10. The Morgan fingerprint density at radius 1 is 1.27 bits per heavy atom. The fourth-order valence-electron chi connectivity index (χ4n) is 1.92. The van der Waals surface area contributed by atoms with E-state index < -0.39 is 0 Å². The third-order valence-electron chi connectivity index (χ3n) is 3.24. The monoisotopic (exact) mass is 301 g/mol. The van der Waals surface area contributed by atoms with Gasteiger partial charge in [-0.1, -0.05) is 12.1 Å². The predicted octanol–water partition coefficient (Wildman–Crippen LogP) is 0.770. The van der Waals surface area contributed by atoms with Gasteiger partial charge in [0.2, 0.25) is 5.91 Å². The number of aromatic amines is 2. The number of aryl methyl sites for hydroxylation is 1. The van der Waals surface area contributed by atoms with Crippen LogP contribution in [0.4, 0.5) is 5.69 Å². The average molecular weight is 301 g/mol. The molecule has 2 rings (SSSR count). The summed E-state index contributed by atoms with van der Waals surface area (Å²) in [5.41, 5.74) is 5.17. The maximum atomic E-state index is 11.8. The van der Waals surface area contributed by atoms with Crippen LogP contribution in [0.2, 0.25) is 0 Å². The van der Waals surface area contributed by atoms with Crippen molar-refractivity contribution < 1.29 is 4.79 Å². The number of hydrazone groups is 1. The van der Waals surface area contributed by atoms with Crippen molar-refractivity contribution in [2.24, 2.45) is 5.10 Å². The number of H-pyrrole nitrogens is 2. The Morgan fingerprint density at radius 2 is 1.95 bits per heavy atom. The van der Waals surface area contributed by atoms with Gasteiger partial charge in [-0.25, -0.2) is 5.43 Å². The van der Waals surface area contributed by atoms with Crippen molar-refractivity contribution in [2.45, 2.75) is 13.3 Å². The van der Waals surface area contributed by atoms with Gasteiger partial charge in [-0.2, -0.15) is 5.10 Å². The summed E-state index contributed by atoms with van der Waals surface area (Å²) in [6, 6.07) is 7.75. The first-order chi connectivity index (χ1) is 10.5. The average Bonchev–Trinajstić information content (AvgIpc) is 2.79. The number of nitrogens with one attached hydrogen (secondary N) is 3. The normalized spacial score (nSPS) is 10.9. The van der Waals surface area contributed by atoms with E-state index in [2.05, 4.69) is 20.7 Å². The summed E-state index contributed by atoms with van der Waals surface area (Å²) < 4.78 is 0. The Hall–Kier alpha value is -2.83. The van der Waals surface area contributed by atoms with Gasteiger partial charge in [0, 0.05) is 31.0 Å². The highest BCUT2D eigenvalue weighted by molar-refractivity contribution is 5.83. The summed E-state index contributed by atoms with van der Waals surface area (Å²) in [7, 11) is 3.93. The molecule has 116 valence electrons. The molecule has 3 N–H and O–H groups in total. The van der Waals surface area contributed by atoms with E-state index in [4.69, 9.17) is 0 Å².